The number of likely N-dealkylation sites (tertiary alicyclic amines) is 1. The summed E-state index contributed by atoms with van der Waals surface area (Å²) in [5.74, 6) is 0.754. The molecule has 1 saturated heterocycles. The first-order chi connectivity index (χ1) is 18.0. The number of rotatable bonds is 11. The smallest absolute Gasteiger partial charge is 0.250 e. The minimum absolute atomic E-state index is 0.0174. The summed E-state index contributed by atoms with van der Waals surface area (Å²) < 4.78 is 33.3. The van der Waals surface area contributed by atoms with Crippen molar-refractivity contribution < 1.29 is 18.6 Å². The van der Waals surface area contributed by atoms with E-state index in [4.69, 9.17) is 14.2 Å². The first-order valence-corrected chi connectivity index (χ1v) is 13.0. The second-order valence-electron chi connectivity index (χ2n) is 9.82. The number of aryl methyl sites for hydroxylation is 2. The number of aromatic nitrogens is 1. The molecule has 0 saturated carbocycles. The molecule has 0 amide bonds. The molecule has 0 bridgehead atoms. The molecular formula is C30H37FN2O4. The van der Waals surface area contributed by atoms with Crippen molar-refractivity contribution in [1.29, 1.82) is 0 Å². The molecule has 1 fully saturated rings. The van der Waals surface area contributed by atoms with E-state index in [-0.39, 0.29) is 17.1 Å². The number of methoxy groups -OCH3 is 1. The van der Waals surface area contributed by atoms with Crippen LogP contribution in [0.25, 0.3) is 0 Å². The van der Waals surface area contributed by atoms with Gasteiger partial charge in [0, 0.05) is 39.0 Å². The zero-order valence-electron chi connectivity index (χ0n) is 21.8. The van der Waals surface area contributed by atoms with Crippen LogP contribution in [0.4, 0.5) is 4.39 Å². The van der Waals surface area contributed by atoms with Gasteiger partial charge in [0.05, 0.1) is 6.61 Å². The number of para-hydroxylation sites is 1. The highest BCUT2D eigenvalue weighted by Crippen LogP contribution is 2.29. The third-order valence-electron chi connectivity index (χ3n) is 7.02. The largest absolute Gasteiger partial charge is 0.494 e. The number of nitrogens with zero attached hydrogens (tertiary/aromatic N) is 2. The van der Waals surface area contributed by atoms with Crippen LogP contribution in [0.5, 0.6) is 11.5 Å². The summed E-state index contributed by atoms with van der Waals surface area (Å²) in [6, 6.07) is 18.2. The van der Waals surface area contributed by atoms with Gasteiger partial charge in [-0.2, -0.15) is 0 Å². The minimum Gasteiger partial charge on any atom is -0.494 e. The highest BCUT2D eigenvalue weighted by Gasteiger charge is 2.34. The van der Waals surface area contributed by atoms with E-state index in [0.29, 0.717) is 19.8 Å². The van der Waals surface area contributed by atoms with E-state index in [1.807, 2.05) is 31.3 Å². The lowest BCUT2D eigenvalue weighted by Gasteiger charge is -2.31. The molecule has 2 heterocycles. The Labute approximate surface area is 218 Å². The second kappa shape index (κ2) is 12.9. The summed E-state index contributed by atoms with van der Waals surface area (Å²) in [7, 11) is 1.72. The molecule has 0 N–H and O–H groups in total. The van der Waals surface area contributed by atoms with E-state index in [1.165, 1.54) is 11.6 Å². The van der Waals surface area contributed by atoms with E-state index in [9.17, 15) is 9.18 Å². The fourth-order valence-electron chi connectivity index (χ4n) is 4.76. The van der Waals surface area contributed by atoms with Crippen molar-refractivity contribution in [2.45, 2.75) is 51.3 Å². The van der Waals surface area contributed by atoms with Gasteiger partial charge in [0.25, 0.3) is 5.56 Å². The zero-order valence-corrected chi connectivity index (χ0v) is 21.8. The number of pyridine rings is 1. The molecule has 6 nitrogen and oxygen atoms in total. The molecule has 1 aliphatic rings. The Kier molecular flexibility index (Phi) is 9.36. The molecule has 3 aromatic rings. The van der Waals surface area contributed by atoms with Crippen LogP contribution in [0.2, 0.25) is 0 Å². The maximum Gasteiger partial charge on any atom is 0.250 e. The van der Waals surface area contributed by atoms with Gasteiger partial charge in [-0.05, 0) is 74.5 Å². The molecule has 0 radical (unpaired) electrons. The molecule has 37 heavy (non-hydrogen) atoms. The molecule has 2 aromatic carbocycles. The maximum atomic E-state index is 14.0. The summed E-state index contributed by atoms with van der Waals surface area (Å²) >= 11 is 0. The van der Waals surface area contributed by atoms with Crippen LogP contribution in [0.15, 0.2) is 71.7 Å². The van der Waals surface area contributed by atoms with Gasteiger partial charge >= 0.3 is 0 Å². The molecule has 1 aliphatic heterocycles. The third kappa shape index (κ3) is 7.66. The summed E-state index contributed by atoms with van der Waals surface area (Å²) in [6.07, 6.45) is 5.33. The van der Waals surface area contributed by atoms with Gasteiger partial charge in [-0.15, -0.1) is 0 Å². The number of ether oxygens (including phenoxy) is 3. The van der Waals surface area contributed by atoms with Gasteiger partial charge in [0.1, 0.15) is 18.0 Å². The Morgan fingerprint density at radius 1 is 0.973 bits per heavy atom. The first kappa shape index (κ1) is 26.9. The molecule has 7 heteroatoms. The molecule has 1 aromatic heterocycles. The van der Waals surface area contributed by atoms with Crippen LogP contribution >= 0.6 is 0 Å². The lowest BCUT2D eigenvalue weighted by molar-refractivity contribution is -0.0548. The lowest BCUT2D eigenvalue weighted by Crippen LogP contribution is -2.39. The van der Waals surface area contributed by atoms with Crippen molar-refractivity contribution in [1.82, 2.24) is 9.47 Å². The Morgan fingerprint density at radius 2 is 1.78 bits per heavy atom. The van der Waals surface area contributed by atoms with Crippen LogP contribution in [0, 0.1) is 12.7 Å². The van der Waals surface area contributed by atoms with Crippen molar-refractivity contribution >= 4 is 0 Å². The highest BCUT2D eigenvalue weighted by atomic mass is 19.1. The monoisotopic (exact) mass is 508 g/mol. The molecular weight excluding hydrogens is 471 g/mol. The number of hydrogen-bond donors (Lipinski definition) is 0. The van der Waals surface area contributed by atoms with Gasteiger partial charge in [0.2, 0.25) is 0 Å². The van der Waals surface area contributed by atoms with Crippen LogP contribution in [-0.4, -0.2) is 48.5 Å². The van der Waals surface area contributed by atoms with Gasteiger partial charge < -0.3 is 18.8 Å². The van der Waals surface area contributed by atoms with Crippen molar-refractivity contribution in [3.05, 3.63) is 94.2 Å². The second-order valence-corrected chi connectivity index (χ2v) is 9.82. The van der Waals surface area contributed by atoms with Crippen molar-refractivity contribution in [3.8, 4) is 11.5 Å². The zero-order chi connectivity index (χ0) is 26.1. The van der Waals surface area contributed by atoms with E-state index in [2.05, 4.69) is 17.0 Å². The Morgan fingerprint density at radius 3 is 2.57 bits per heavy atom. The normalized spacial score (nSPS) is 18.4. The van der Waals surface area contributed by atoms with Crippen LogP contribution < -0.4 is 15.0 Å². The average Bonchev–Trinajstić information content (AvgIpc) is 3.11. The topological polar surface area (TPSA) is 52.9 Å². The van der Waals surface area contributed by atoms with Gasteiger partial charge in [-0.3, -0.25) is 9.69 Å². The summed E-state index contributed by atoms with van der Waals surface area (Å²) in [5, 5.41) is 0. The molecule has 198 valence electrons. The van der Waals surface area contributed by atoms with E-state index in [0.717, 1.165) is 56.6 Å². The predicted molar refractivity (Wildman–Crippen MR) is 143 cm³/mol. The quantitative estimate of drug-likeness (QED) is 0.333. The summed E-state index contributed by atoms with van der Waals surface area (Å²) in [6.45, 7) is 6.22. The van der Waals surface area contributed by atoms with Crippen LogP contribution in [-0.2, 0) is 17.8 Å². The fraction of sp³-hybridized carbons (Fsp3) is 0.433. The first-order valence-electron chi connectivity index (χ1n) is 13.0. The van der Waals surface area contributed by atoms with E-state index in [1.54, 1.807) is 35.9 Å². The standard InChI is InChI=1S/C30H37FN2O4/c1-24-9-14-29(34)33(21-24)18-6-20-36-26-12-10-25(11-13-26)22-32-17-5-15-30(35-2,16-19-32)23-37-28-8-4-3-7-27(28)31/h3-4,7-14,21H,5-6,15-20,22-23H2,1-2H3/t30-/m1/s1. The summed E-state index contributed by atoms with van der Waals surface area (Å²) in [5.41, 5.74) is 1.90. The van der Waals surface area contributed by atoms with Crippen molar-refractivity contribution in [2.24, 2.45) is 0 Å². The SMILES string of the molecule is CO[C@]1(COc2ccccc2F)CCCN(Cc2ccc(OCCCn3cc(C)ccc3=O)cc2)CC1. The third-order valence-corrected chi connectivity index (χ3v) is 7.02. The average molecular weight is 509 g/mol. The number of hydrogen-bond acceptors (Lipinski definition) is 5. The highest BCUT2D eigenvalue weighted by molar-refractivity contribution is 5.27. The Bertz CT molecular complexity index is 1200. The maximum absolute atomic E-state index is 14.0. The lowest BCUT2D eigenvalue weighted by atomic mass is 9.95. The van der Waals surface area contributed by atoms with Gasteiger partial charge in [-0.1, -0.05) is 30.3 Å². The minimum atomic E-state index is -0.418. The number of halogens is 1. The molecule has 4 rings (SSSR count). The Balaban J connectivity index is 1.23. The van der Waals surface area contributed by atoms with Crippen molar-refractivity contribution in [2.75, 3.05) is 33.4 Å². The fourth-order valence-corrected chi connectivity index (χ4v) is 4.76. The van der Waals surface area contributed by atoms with E-state index < -0.39 is 5.60 Å². The molecule has 0 spiro atoms. The van der Waals surface area contributed by atoms with Crippen LogP contribution in [0.3, 0.4) is 0 Å². The van der Waals surface area contributed by atoms with E-state index >= 15 is 0 Å². The van der Waals surface area contributed by atoms with Gasteiger partial charge in [0.15, 0.2) is 11.6 Å². The Hall–Kier alpha value is -3.16. The van der Waals surface area contributed by atoms with Crippen LogP contribution in [0.1, 0.15) is 36.8 Å². The summed E-state index contributed by atoms with van der Waals surface area (Å²) in [4.78, 5) is 14.3. The molecule has 0 unspecified atom stereocenters. The number of benzene rings is 2. The predicted octanol–water partition coefficient (Wildman–Crippen LogP) is 5.22. The van der Waals surface area contributed by atoms with Crippen molar-refractivity contribution in [3.63, 3.8) is 0 Å². The van der Waals surface area contributed by atoms with Gasteiger partial charge in [-0.25, -0.2) is 4.39 Å². The molecule has 0 aliphatic carbocycles. The molecule has 1 atom stereocenters.